The Hall–Kier alpha value is -1.29. The molecule has 1 aromatic rings. The lowest BCUT2D eigenvalue weighted by Crippen LogP contribution is -2.28. The normalized spacial score (nSPS) is 12.6. The zero-order valence-electron chi connectivity index (χ0n) is 14.0. The van der Waals surface area contributed by atoms with Crippen LogP contribution in [0.1, 0.15) is 58.6 Å². The van der Waals surface area contributed by atoms with Gasteiger partial charge >= 0.3 is 0 Å². The van der Waals surface area contributed by atoms with Crippen molar-refractivity contribution in [1.29, 1.82) is 0 Å². The van der Waals surface area contributed by atoms with E-state index in [1.807, 2.05) is 10.8 Å². The van der Waals surface area contributed by atoms with Crippen molar-refractivity contribution in [3.8, 4) is 0 Å². The molecule has 0 saturated heterocycles. The molecule has 4 heteroatoms. The van der Waals surface area contributed by atoms with Gasteiger partial charge in [0.05, 0.1) is 0 Å². The predicted molar refractivity (Wildman–Crippen MR) is 88.2 cm³/mol. The molecule has 0 aliphatic rings. The van der Waals surface area contributed by atoms with Crippen LogP contribution in [-0.2, 0) is 11.3 Å². The number of rotatable bonds is 10. The lowest BCUT2D eigenvalue weighted by atomic mass is 10.1. The van der Waals surface area contributed by atoms with Gasteiger partial charge in [-0.15, -0.1) is 0 Å². The van der Waals surface area contributed by atoms with Gasteiger partial charge in [0.15, 0.2) is 0 Å². The number of hydrogen-bond acceptors (Lipinski definition) is 2. The fourth-order valence-corrected chi connectivity index (χ4v) is 2.41. The molecule has 1 unspecified atom stereocenters. The van der Waals surface area contributed by atoms with Crippen LogP contribution in [0.2, 0.25) is 0 Å². The topological polar surface area (TPSA) is 46.1 Å². The molecule has 1 atom stereocenters. The zero-order valence-corrected chi connectivity index (χ0v) is 14.0. The number of amides is 1. The van der Waals surface area contributed by atoms with Crippen molar-refractivity contribution in [2.75, 3.05) is 13.1 Å². The Morgan fingerprint density at radius 2 is 2.05 bits per heavy atom. The fraction of sp³-hybridized carbons (Fsp3) is 0.706. The van der Waals surface area contributed by atoms with Gasteiger partial charge in [0.25, 0.3) is 0 Å². The highest BCUT2D eigenvalue weighted by atomic mass is 16.1. The van der Waals surface area contributed by atoms with E-state index in [2.05, 4.69) is 50.6 Å². The number of aromatic nitrogens is 1. The number of carbonyl (C=O) groups excluding carboxylic acids is 1. The molecule has 0 aliphatic carbocycles. The van der Waals surface area contributed by atoms with E-state index in [-0.39, 0.29) is 5.91 Å². The Labute approximate surface area is 129 Å². The van der Waals surface area contributed by atoms with Crippen LogP contribution in [0.3, 0.4) is 0 Å². The lowest BCUT2D eigenvalue weighted by molar-refractivity contribution is -0.121. The molecular formula is C17H31N3O. The Balaban J connectivity index is 2.48. The first-order chi connectivity index (χ1) is 10.1. The van der Waals surface area contributed by atoms with E-state index in [4.69, 9.17) is 0 Å². The van der Waals surface area contributed by atoms with Crippen LogP contribution in [0.15, 0.2) is 18.5 Å². The molecule has 4 nitrogen and oxygen atoms in total. The fourth-order valence-electron chi connectivity index (χ4n) is 2.41. The van der Waals surface area contributed by atoms with Crippen molar-refractivity contribution < 1.29 is 4.79 Å². The van der Waals surface area contributed by atoms with E-state index in [0.29, 0.717) is 18.5 Å². The average Bonchev–Trinajstić information content (AvgIpc) is 2.86. The third-order valence-corrected chi connectivity index (χ3v) is 3.57. The van der Waals surface area contributed by atoms with Crippen molar-refractivity contribution in [2.24, 2.45) is 5.92 Å². The highest BCUT2D eigenvalue weighted by Crippen LogP contribution is 2.18. The smallest absolute Gasteiger partial charge is 0.239 e. The summed E-state index contributed by atoms with van der Waals surface area (Å²) in [7, 11) is 0. The molecule has 0 radical (unpaired) electrons. The highest BCUT2D eigenvalue weighted by Gasteiger charge is 2.11. The van der Waals surface area contributed by atoms with Crippen molar-refractivity contribution in [3.05, 3.63) is 24.0 Å². The van der Waals surface area contributed by atoms with Crippen LogP contribution in [0.25, 0.3) is 0 Å². The molecule has 1 amide bonds. The molecule has 0 aromatic carbocycles. The Kier molecular flexibility index (Phi) is 8.13. The van der Waals surface area contributed by atoms with Crippen molar-refractivity contribution in [2.45, 2.75) is 59.5 Å². The lowest BCUT2D eigenvalue weighted by Gasteiger charge is -2.15. The second-order valence-electron chi connectivity index (χ2n) is 6.05. The van der Waals surface area contributed by atoms with E-state index in [9.17, 15) is 4.79 Å². The van der Waals surface area contributed by atoms with E-state index in [1.54, 1.807) is 0 Å². The molecule has 21 heavy (non-hydrogen) atoms. The van der Waals surface area contributed by atoms with Crippen LogP contribution >= 0.6 is 0 Å². The number of nitrogens with one attached hydrogen (secondary N) is 2. The molecule has 1 rings (SSSR count). The Morgan fingerprint density at radius 1 is 1.29 bits per heavy atom. The molecule has 0 aliphatic heterocycles. The first kappa shape index (κ1) is 17.8. The van der Waals surface area contributed by atoms with Gasteiger partial charge in [-0.25, -0.2) is 0 Å². The van der Waals surface area contributed by atoms with Gasteiger partial charge in [0.1, 0.15) is 6.54 Å². The SMILES string of the molecule is CCCC(NCC)c1ccn(CC(=O)NCCC(C)C)c1. The van der Waals surface area contributed by atoms with E-state index >= 15 is 0 Å². The van der Waals surface area contributed by atoms with Gasteiger partial charge in [-0.3, -0.25) is 4.79 Å². The number of hydrogen-bond donors (Lipinski definition) is 2. The Bertz CT molecular complexity index is 406. The summed E-state index contributed by atoms with van der Waals surface area (Å²) in [5.41, 5.74) is 1.27. The van der Waals surface area contributed by atoms with E-state index in [1.165, 1.54) is 5.56 Å². The van der Waals surface area contributed by atoms with Gasteiger partial charge in [0.2, 0.25) is 5.91 Å². The molecule has 120 valence electrons. The summed E-state index contributed by atoms with van der Waals surface area (Å²) in [5, 5.41) is 6.48. The third-order valence-electron chi connectivity index (χ3n) is 3.57. The summed E-state index contributed by atoms with van der Waals surface area (Å²) in [6, 6.07) is 2.51. The second kappa shape index (κ2) is 9.61. The maximum atomic E-state index is 11.9. The van der Waals surface area contributed by atoms with Gasteiger partial charge in [-0.05, 0) is 36.9 Å². The van der Waals surface area contributed by atoms with Crippen molar-refractivity contribution >= 4 is 5.91 Å². The van der Waals surface area contributed by atoms with Crippen molar-refractivity contribution in [1.82, 2.24) is 15.2 Å². The van der Waals surface area contributed by atoms with Crippen LogP contribution in [0, 0.1) is 5.92 Å². The summed E-state index contributed by atoms with van der Waals surface area (Å²) in [6.45, 7) is 10.8. The minimum absolute atomic E-state index is 0.0910. The summed E-state index contributed by atoms with van der Waals surface area (Å²) in [4.78, 5) is 11.9. The monoisotopic (exact) mass is 293 g/mol. The quantitative estimate of drug-likeness (QED) is 0.696. The summed E-state index contributed by atoms with van der Waals surface area (Å²) < 4.78 is 1.97. The van der Waals surface area contributed by atoms with Gasteiger partial charge in [-0.1, -0.05) is 34.1 Å². The van der Waals surface area contributed by atoms with E-state index < -0.39 is 0 Å². The first-order valence-electron chi connectivity index (χ1n) is 8.22. The third kappa shape index (κ3) is 6.80. The first-order valence-corrected chi connectivity index (χ1v) is 8.22. The van der Waals surface area contributed by atoms with Gasteiger partial charge < -0.3 is 15.2 Å². The molecule has 0 bridgehead atoms. The van der Waals surface area contributed by atoms with Crippen LogP contribution in [-0.4, -0.2) is 23.6 Å². The van der Waals surface area contributed by atoms with Gasteiger partial charge in [-0.2, -0.15) is 0 Å². The molecule has 0 spiro atoms. The van der Waals surface area contributed by atoms with Crippen molar-refractivity contribution in [3.63, 3.8) is 0 Å². The molecule has 1 aromatic heterocycles. The van der Waals surface area contributed by atoms with Crippen LogP contribution in [0.4, 0.5) is 0 Å². The minimum Gasteiger partial charge on any atom is -0.355 e. The molecule has 1 heterocycles. The minimum atomic E-state index is 0.0910. The van der Waals surface area contributed by atoms with E-state index in [0.717, 1.165) is 32.4 Å². The molecular weight excluding hydrogens is 262 g/mol. The van der Waals surface area contributed by atoms with Gasteiger partial charge in [0, 0.05) is 25.0 Å². The van der Waals surface area contributed by atoms with Crippen LogP contribution in [0.5, 0.6) is 0 Å². The predicted octanol–water partition coefficient (Wildman–Crippen LogP) is 3.10. The average molecular weight is 293 g/mol. The maximum Gasteiger partial charge on any atom is 0.239 e. The summed E-state index contributed by atoms with van der Waals surface area (Å²) in [5.74, 6) is 0.715. The zero-order chi connectivity index (χ0) is 15.7. The Morgan fingerprint density at radius 3 is 2.67 bits per heavy atom. The molecule has 2 N–H and O–H groups in total. The number of carbonyl (C=O) groups is 1. The highest BCUT2D eigenvalue weighted by molar-refractivity contribution is 5.75. The molecule has 0 fully saturated rings. The summed E-state index contributed by atoms with van der Waals surface area (Å²) in [6.07, 6.45) is 7.39. The van der Waals surface area contributed by atoms with Crippen LogP contribution < -0.4 is 10.6 Å². The summed E-state index contributed by atoms with van der Waals surface area (Å²) >= 11 is 0. The molecule has 0 saturated carbocycles. The second-order valence-corrected chi connectivity index (χ2v) is 6.05. The number of nitrogens with zero attached hydrogens (tertiary/aromatic N) is 1. The maximum absolute atomic E-state index is 11.9. The largest absolute Gasteiger partial charge is 0.355 e. The standard InChI is InChI=1S/C17H31N3O/c1-5-7-16(18-6-2)15-9-11-20(12-15)13-17(21)19-10-8-14(3)4/h9,11-12,14,16,18H,5-8,10,13H2,1-4H3,(H,19,21).